The summed E-state index contributed by atoms with van der Waals surface area (Å²) < 4.78 is 5.15. The SMILES string of the molecule is CCN(CCOC)CCC(C)C1CCCNC1. The number of methoxy groups -OCH3 is 1. The third-order valence-corrected chi connectivity index (χ3v) is 4.10. The van der Waals surface area contributed by atoms with Crippen molar-refractivity contribution >= 4 is 0 Å². The first-order chi connectivity index (χ1) is 8.27. The second-order valence-electron chi connectivity index (χ2n) is 5.30. The van der Waals surface area contributed by atoms with Gasteiger partial charge in [0.2, 0.25) is 0 Å². The van der Waals surface area contributed by atoms with E-state index < -0.39 is 0 Å². The van der Waals surface area contributed by atoms with Crippen molar-refractivity contribution in [2.24, 2.45) is 11.8 Å². The molecule has 1 aliphatic heterocycles. The lowest BCUT2D eigenvalue weighted by Gasteiger charge is -2.30. The van der Waals surface area contributed by atoms with Crippen LogP contribution in [0.25, 0.3) is 0 Å². The highest BCUT2D eigenvalue weighted by Crippen LogP contribution is 2.22. The van der Waals surface area contributed by atoms with Crippen LogP contribution >= 0.6 is 0 Å². The van der Waals surface area contributed by atoms with Gasteiger partial charge in [-0.3, -0.25) is 0 Å². The largest absolute Gasteiger partial charge is 0.383 e. The Morgan fingerprint density at radius 3 is 2.82 bits per heavy atom. The zero-order valence-electron chi connectivity index (χ0n) is 11.9. The van der Waals surface area contributed by atoms with Gasteiger partial charge in [-0.1, -0.05) is 13.8 Å². The summed E-state index contributed by atoms with van der Waals surface area (Å²) in [6.45, 7) is 11.4. The Labute approximate surface area is 107 Å². The van der Waals surface area contributed by atoms with Gasteiger partial charge in [-0.05, 0) is 57.3 Å². The highest BCUT2D eigenvalue weighted by Gasteiger charge is 2.19. The van der Waals surface area contributed by atoms with Crippen molar-refractivity contribution in [2.75, 3.05) is 46.4 Å². The van der Waals surface area contributed by atoms with Gasteiger partial charge in [-0.15, -0.1) is 0 Å². The van der Waals surface area contributed by atoms with Crippen LogP contribution in [-0.4, -0.2) is 51.3 Å². The molecule has 1 rings (SSSR count). The topological polar surface area (TPSA) is 24.5 Å². The van der Waals surface area contributed by atoms with E-state index in [0.717, 1.165) is 31.5 Å². The third-order valence-electron chi connectivity index (χ3n) is 4.10. The van der Waals surface area contributed by atoms with Crippen molar-refractivity contribution in [1.82, 2.24) is 10.2 Å². The van der Waals surface area contributed by atoms with Crippen molar-refractivity contribution in [3.8, 4) is 0 Å². The Morgan fingerprint density at radius 1 is 1.41 bits per heavy atom. The van der Waals surface area contributed by atoms with Crippen molar-refractivity contribution in [3.63, 3.8) is 0 Å². The van der Waals surface area contributed by atoms with E-state index in [0.29, 0.717) is 0 Å². The average molecular weight is 242 g/mol. The molecule has 0 aromatic heterocycles. The Bertz CT molecular complexity index is 181. The van der Waals surface area contributed by atoms with E-state index in [-0.39, 0.29) is 0 Å². The molecule has 2 unspecified atom stereocenters. The number of nitrogens with one attached hydrogen (secondary N) is 1. The van der Waals surface area contributed by atoms with Gasteiger partial charge in [-0.2, -0.15) is 0 Å². The van der Waals surface area contributed by atoms with E-state index in [9.17, 15) is 0 Å². The summed E-state index contributed by atoms with van der Waals surface area (Å²) >= 11 is 0. The summed E-state index contributed by atoms with van der Waals surface area (Å²) in [6, 6.07) is 0. The zero-order valence-corrected chi connectivity index (χ0v) is 11.9. The molecule has 0 aliphatic carbocycles. The van der Waals surface area contributed by atoms with E-state index in [1.54, 1.807) is 7.11 Å². The lowest BCUT2D eigenvalue weighted by molar-refractivity contribution is 0.142. The Balaban J connectivity index is 2.17. The van der Waals surface area contributed by atoms with Gasteiger partial charge < -0.3 is 15.0 Å². The number of hydrogen-bond acceptors (Lipinski definition) is 3. The van der Waals surface area contributed by atoms with Gasteiger partial charge in [0.15, 0.2) is 0 Å². The molecule has 1 heterocycles. The van der Waals surface area contributed by atoms with Crippen LogP contribution < -0.4 is 5.32 Å². The van der Waals surface area contributed by atoms with Crippen molar-refractivity contribution in [1.29, 1.82) is 0 Å². The van der Waals surface area contributed by atoms with E-state index in [1.807, 2.05) is 0 Å². The smallest absolute Gasteiger partial charge is 0.0589 e. The van der Waals surface area contributed by atoms with Crippen molar-refractivity contribution < 1.29 is 4.74 Å². The lowest BCUT2D eigenvalue weighted by atomic mass is 9.85. The molecule has 0 bridgehead atoms. The minimum Gasteiger partial charge on any atom is -0.383 e. The van der Waals surface area contributed by atoms with Gasteiger partial charge in [0, 0.05) is 13.7 Å². The van der Waals surface area contributed by atoms with Gasteiger partial charge in [0.25, 0.3) is 0 Å². The molecule has 0 saturated carbocycles. The summed E-state index contributed by atoms with van der Waals surface area (Å²) in [6.07, 6.45) is 4.10. The van der Waals surface area contributed by atoms with Crippen LogP contribution in [0.1, 0.15) is 33.1 Å². The summed E-state index contributed by atoms with van der Waals surface area (Å²) in [5.41, 5.74) is 0. The Kier molecular flexibility index (Phi) is 7.82. The van der Waals surface area contributed by atoms with Crippen LogP contribution in [0.2, 0.25) is 0 Å². The number of nitrogens with zero attached hydrogens (tertiary/aromatic N) is 1. The maximum absolute atomic E-state index is 5.15. The Morgan fingerprint density at radius 2 is 2.24 bits per heavy atom. The van der Waals surface area contributed by atoms with Crippen LogP contribution in [0.3, 0.4) is 0 Å². The fraction of sp³-hybridized carbons (Fsp3) is 1.00. The fourth-order valence-electron chi connectivity index (χ4n) is 2.63. The van der Waals surface area contributed by atoms with Crippen LogP contribution in [-0.2, 0) is 4.74 Å². The number of ether oxygens (including phenoxy) is 1. The molecule has 0 amide bonds. The van der Waals surface area contributed by atoms with Gasteiger partial charge in [0.1, 0.15) is 0 Å². The molecule has 2 atom stereocenters. The van der Waals surface area contributed by atoms with Crippen LogP contribution in [0.15, 0.2) is 0 Å². The predicted octanol–water partition coefficient (Wildman–Crippen LogP) is 1.98. The number of likely N-dealkylation sites (N-methyl/N-ethyl adjacent to an activating group) is 1. The lowest BCUT2D eigenvalue weighted by Crippen LogP contribution is -2.35. The first kappa shape index (κ1) is 14.9. The standard InChI is InChI=1S/C14H30N2O/c1-4-16(10-11-17-3)9-7-13(2)14-6-5-8-15-12-14/h13-15H,4-12H2,1-3H3. The van der Waals surface area contributed by atoms with Crippen molar-refractivity contribution in [2.45, 2.75) is 33.1 Å². The summed E-state index contributed by atoms with van der Waals surface area (Å²) in [5, 5.41) is 3.52. The molecule has 3 nitrogen and oxygen atoms in total. The van der Waals surface area contributed by atoms with Gasteiger partial charge in [0.05, 0.1) is 6.61 Å². The monoisotopic (exact) mass is 242 g/mol. The number of hydrogen-bond donors (Lipinski definition) is 1. The minimum atomic E-state index is 0.847. The highest BCUT2D eigenvalue weighted by atomic mass is 16.5. The van der Waals surface area contributed by atoms with E-state index in [4.69, 9.17) is 4.74 Å². The van der Waals surface area contributed by atoms with Gasteiger partial charge >= 0.3 is 0 Å². The maximum atomic E-state index is 5.15. The molecule has 3 heteroatoms. The molecular formula is C14H30N2O. The molecular weight excluding hydrogens is 212 g/mol. The van der Waals surface area contributed by atoms with E-state index >= 15 is 0 Å². The quantitative estimate of drug-likeness (QED) is 0.704. The second-order valence-corrected chi connectivity index (χ2v) is 5.30. The first-order valence-electron chi connectivity index (χ1n) is 7.20. The van der Waals surface area contributed by atoms with E-state index in [1.165, 1.54) is 38.9 Å². The average Bonchev–Trinajstić information content (AvgIpc) is 2.39. The summed E-state index contributed by atoms with van der Waals surface area (Å²) in [5.74, 6) is 1.74. The number of rotatable bonds is 8. The van der Waals surface area contributed by atoms with Crippen LogP contribution in [0, 0.1) is 11.8 Å². The minimum absolute atomic E-state index is 0.847. The molecule has 102 valence electrons. The molecule has 0 aromatic rings. The van der Waals surface area contributed by atoms with E-state index in [2.05, 4.69) is 24.1 Å². The molecule has 1 fully saturated rings. The zero-order chi connectivity index (χ0) is 12.5. The third kappa shape index (κ3) is 5.84. The first-order valence-corrected chi connectivity index (χ1v) is 7.20. The molecule has 1 aliphatic rings. The second kappa shape index (κ2) is 8.90. The molecule has 17 heavy (non-hydrogen) atoms. The van der Waals surface area contributed by atoms with Gasteiger partial charge in [-0.25, -0.2) is 0 Å². The molecule has 0 radical (unpaired) electrons. The fourth-order valence-corrected chi connectivity index (χ4v) is 2.63. The summed E-state index contributed by atoms with van der Waals surface area (Å²) in [7, 11) is 1.78. The van der Waals surface area contributed by atoms with Crippen LogP contribution in [0.4, 0.5) is 0 Å². The molecule has 1 saturated heterocycles. The molecule has 0 spiro atoms. The summed E-state index contributed by atoms with van der Waals surface area (Å²) in [4.78, 5) is 2.50. The Hall–Kier alpha value is -0.120. The maximum Gasteiger partial charge on any atom is 0.0589 e. The molecule has 0 aromatic carbocycles. The molecule has 1 N–H and O–H groups in total. The normalized spacial score (nSPS) is 22.9. The highest BCUT2D eigenvalue weighted by molar-refractivity contribution is 4.74. The predicted molar refractivity (Wildman–Crippen MR) is 73.4 cm³/mol. The number of piperidine rings is 1. The van der Waals surface area contributed by atoms with Crippen molar-refractivity contribution in [3.05, 3.63) is 0 Å². The van der Waals surface area contributed by atoms with Crippen LogP contribution in [0.5, 0.6) is 0 Å².